The van der Waals surface area contributed by atoms with Gasteiger partial charge in [-0.1, -0.05) is 12.1 Å². The van der Waals surface area contributed by atoms with Crippen LogP contribution in [0.1, 0.15) is 91.9 Å². The van der Waals surface area contributed by atoms with Gasteiger partial charge in [0.25, 0.3) is 11.8 Å². The Labute approximate surface area is 231 Å². The van der Waals surface area contributed by atoms with Crippen molar-refractivity contribution in [2.24, 2.45) is 0 Å². The maximum Gasteiger partial charge on any atom is 0.251 e. The minimum atomic E-state index is 0.00530. The Morgan fingerprint density at radius 3 is 2.03 bits per heavy atom. The number of rotatable bonds is 4. The fourth-order valence-electron chi connectivity index (χ4n) is 5.56. The van der Waals surface area contributed by atoms with E-state index in [2.05, 4.69) is 59.0 Å². The molecule has 8 nitrogen and oxygen atoms in total. The van der Waals surface area contributed by atoms with Gasteiger partial charge in [-0.25, -0.2) is 4.98 Å². The van der Waals surface area contributed by atoms with Crippen LogP contribution in [0.4, 0.5) is 0 Å². The zero-order valence-corrected chi connectivity index (χ0v) is 22.8. The molecule has 3 N–H and O–H groups in total. The highest BCUT2D eigenvalue weighted by atomic mass is 32.1. The lowest BCUT2D eigenvalue weighted by Gasteiger charge is -2.09. The molecule has 9 heteroatoms. The minimum Gasteiger partial charge on any atom is -0.348 e. The van der Waals surface area contributed by atoms with Crippen molar-refractivity contribution < 1.29 is 9.59 Å². The van der Waals surface area contributed by atoms with Crippen molar-refractivity contribution in [1.29, 1.82) is 0 Å². The zero-order valence-electron chi connectivity index (χ0n) is 22.0. The van der Waals surface area contributed by atoms with Crippen LogP contribution in [0.25, 0.3) is 11.4 Å². The van der Waals surface area contributed by atoms with Gasteiger partial charge in [0.1, 0.15) is 0 Å². The summed E-state index contributed by atoms with van der Waals surface area (Å²) in [5.41, 5.74) is 10.5. The van der Waals surface area contributed by atoms with E-state index in [1.807, 2.05) is 27.6 Å². The number of carbonyl (C=O) groups is 2. The maximum absolute atomic E-state index is 11.8. The van der Waals surface area contributed by atoms with Crippen molar-refractivity contribution in [3.05, 3.63) is 92.5 Å². The second kappa shape index (κ2) is 9.05. The lowest BCUT2D eigenvalue weighted by molar-refractivity contribution is 0.0957. The molecule has 0 radical (unpaired) electrons. The van der Waals surface area contributed by atoms with E-state index in [0.29, 0.717) is 29.7 Å². The van der Waals surface area contributed by atoms with Crippen molar-refractivity contribution in [2.45, 2.75) is 64.5 Å². The zero-order chi connectivity index (χ0) is 26.8. The third kappa shape index (κ3) is 4.40. The second-order valence-electron chi connectivity index (χ2n) is 11.1. The summed E-state index contributed by atoms with van der Waals surface area (Å²) in [6, 6.07) is 8.10. The number of hydrogen-bond acceptors (Lipinski definition) is 4. The van der Waals surface area contributed by atoms with Crippen LogP contribution in [0, 0.1) is 18.6 Å². The Hall–Kier alpha value is -3.98. The van der Waals surface area contributed by atoms with Gasteiger partial charge in [-0.05, 0) is 86.1 Å². The lowest BCUT2D eigenvalue weighted by atomic mass is 10.0. The number of nitrogens with one attached hydrogen (secondary N) is 3. The smallest absolute Gasteiger partial charge is 0.251 e. The van der Waals surface area contributed by atoms with Crippen molar-refractivity contribution in [1.82, 2.24) is 29.7 Å². The van der Waals surface area contributed by atoms with Gasteiger partial charge >= 0.3 is 0 Å². The molecule has 2 amide bonds. The normalized spacial score (nSPS) is 17.3. The van der Waals surface area contributed by atoms with Crippen molar-refractivity contribution >= 4 is 24.0 Å². The molecule has 0 saturated heterocycles. The number of imidazole rings is 2. The number of hydrogen-bond donors (Lipinski definition) is 3. The summed E-state index contributed by atoms with van der Waals surface area (Å²) in [6.07, 6.45) is 11.0. The first-order chi connectivity index (χ1) is 18.9. The third-order valence-corrected chi connectivity index (χ3v) is 8.40. The molecule has 4 heterocycles. The van der Waals surface area contributed by atoms with Crippen LogP contribution in [0.15, 0.2) is 43.0 Å². The number of carbonyl (C=O) groups excluding carboxylic acids is 2. The molecule has 2 aliphatic carbocycles. The van der Waals surface area contributed by atoms with Crippen LogP contribution in [0.2, 0.25) is 0 Å². The number of aromatic amines is 1. The van der Waals surface area contributed by atoms with Crippen LogP contribution in [0.3, 0.4) is 0 Å². The topological polar surface area (TPSA) is 96.7 Å². The number of aromatic nitrogens is 4. The maximum atomic E-state index is 11.8. The van der Waals surface area contributed by atoms with E-state index in [1.54, 1.807) is 0 Å². The molecular weight excluding hydrogens is 508 g/mol. The van der Waals surface area contributed by atoms with Crippen LogP contribution in [-0.2, 0) is 13.1 Å². The van der Waals surface area contributed by atoms with E-state index in [-0.39, 0.29) is 11.8 Å². The molecule has 2 saturated carbocycles. The summed E-state index contributed by atoms with van der Waals surface area (Å²) in [4.78, 5) is 31.3. The highest BCUT2D eigenvalue weighted by Gasteiger charge is 2.28. The van der Waals surface area contributed by atoms with Crippen molar-refractivity contribution in [3.8, 4) is 11.4 Å². The Balaban J connectivity index is 0.000000130. The molecular formula is C30H30N6O2S. The fraction of sp³-hybridized carbons (Fsp3) is 0.333. The summed E-state index contributed by atoms with van der Waals surface area (Å²) < 4.78 is 4.73. The molecule has 0 bridgehead atoms. The largest absolute Gasteiger partial charge is 0.348 e. The number of amides is 2. The van der Waals surface area contributed by atoms with E-state index in [1.165, 1.54) is 42.6 Å². The van der Waals surface area contributed by atoms with Crippen molar-refractivity contribution in [3.63, 3.8) is 0 Å². The Kier molecular flexibility index (Phi) is 5.59. The third-order valence-electron chi connectivity index (χ3n) is 8.10. The van der Waals surface area contributed by atoms with Crippen LogP contribution in [-0.4, -0.2) is 30.9 Å². The van der Waals surface area contributed by atoms with E-state index >= 15 is 0 Å². The summed E-state index contributed by atoms with van der Waals surface area (Å²) in [5, 5.41) is 5.72. The van der Waals surface area contributed by atoms with Crippen LogP contribution in [0.5, 0.6) is 0 Å². The van der Waals surface area contributed by atoms with Gasteiger partial charge in [0.15, 0.2) is 4.77 Å². The number of H-pyrrole nitrogens is 1. The molecule has 8 rings (SSSR count). The molecule has 4 aliphatic rings. The summed E-state index contributed by atoms with van der Waals surface area (Å²) >= 11 is 5.43. The Bertz CT molecular complexity index is 1720. The first-order valence-electron chi connectivity index (χ1n) is 13.6. The molecule has 0 unspecified atom stereocenters. The minimum absolute atomic E-state index is 0.00530. The molecule has 2 aliphatic heterocycles. The molecule has 39 heavy (non-hydrogen) atoms. The Morgan fingerprint density at radius 2 is 1.41 bits per heavy atom. The van der Waals surface area contributed by atoms with Crippen molar-refractivity contribution in [2.75, 3.05) is 0 Å². The quantitative estimate of drug-likeness (QED) is 0.309. The molecule has 198 valence electrons. The SMILES string of the molecule is Cc1cc2c(cc1-n1cc(C3CC3)[nH]c1=S)C(=O)NC2.Cc1cc2c(cc1-n1cnc(C3CC3)c1)C(=O)NC2. The van der Waals surface area contributed by atoms with Gasteiger partial charge in [-0.3, -0.25) is 14.2 Å². The lowest BCUT2D eigenvalue weighted by Crippen LogP contribution is -2.12. The Morgan fingerprint density at radius 1 is 0.821 bits per heavy atom. The van der Waals surface area contributed by atoms with Crippen LogP contribution < -0.4 is 10.6 Å². The number of benzene rings is 2. The number of nitrogens with zero attached hydrogens (tertiary/aromatic N) is 3. The predicted molar refractivity (Wildman–Crippen MR) is 150 cm³/mol. The van der Waals surface area contributed by atoms with E-state index in [9.17, 15) is 9.59 Å². The van der Waals surface area contributed by atoms with Gasteiger partial charge in [0, 0.05) is 54.1 Å². The van der Waals surface area contributed by atoms with Gasteiger partial charge in [0.2, 0.25) is 0 Å². The molecule has 2 aromatic heterocycles. The summed E-state index contributed by atoms with van der Waals surface area (Å²) in [7, 11) is 0. The highest BCUT2D eigenvalue weighted by molar-refractivity contribution is 7.71. The van der Waals surface area contributed by atoms with Gasteiger partial charge < -0.3 is 20.2 Å². The number of aryl methyl sites for hydroxylation is 2. The summed E-state index contributed by atoms with van der Waals surface area (Å²) in [6.45, 7) is 5.41. The first-order valence-corrected chi connectivity index (χ1v) is 14.0. The van der Waals surface area contributed by atoms with E-state index in [4.69, 9.17) is 12.2 Å². The second-order valence-corrected chi connectivity index (χ2v) is 11.5. The van der Waals surface area contributed by atoms with E-state index < -0.39 is 0 Å². The van der Waals surface area contributed by atoms with E-state index in [0.717, 1.165) is 39.2 Å². The molecule has 2 aromatic carbocycles. The van der Waals surface area contributed by atoms with Gasteiger partial charge in [-0.2, -0.15) is 0 Å². The highest BCUT2D eigenvalue weighted by Crippen LogP contribution is 2.40. The van der Waals surface area contributed by atoms with Gasteiger partial charge in [-0.15, -0.1) is 0 Å². The molecule has 4 aromatic rings. The average molecular weight is 539 g/mol. The predicted octanol–water partition coefficient (Wildman–Crippen LogP) is 5.27. The average Bonchev–Trinajstić information content (AvgIpc) is 3.80. The van der Waals surface area contributed by atoms with Gasteiger partial charge in [0.05, 0.1) is 23.4 Å². The first kappa shape index (κ1) is 24.1. The number of fused-ring (bicyclic) bond motifs is 2. The summed E-state index contributed by atoms with van der Waals surface area (Å²) in [5.74, 6) is 1.32. The molecule has 2 fully saturated rings. The standard InChI is InChI=1S/C15H15N3OS.C15H15N3O/c1-8-4-10-6-16-14(19)11(10)5-13(8)18-7-12(9-2-3-9)17-15(18)20;1-9-4-11-6-16-15(19)12(11)5-14(9)18-7-13(17-8-18)10-2-3-10/h4-5,7,9H,2-3,6H2,1H3,(H,16,19)(H,17,20);4-5,7-8,10H,2-3,6H2,1H3,(H,16,19). The monoisotopic (exact) mass is 538 g/mol. The fourth-order valence-corrected chi connectivity index (χ4v) is 5.83. The molecule has 0 atom stereocenters. The molecule has 0 spiro atoms. The van der Waals surface area contributed by atoms with Crippen LogP contribution >= 0.6 is 12.2 Å².